The van der Waals surface area contributed by atoms with Crippen LogP contribution in [0.3, 0.4) is 0 Å². The molecule has 4 heteroatoms. The van der Waals surface area contributed by atoms with Crippen molar-refractivity contribution < 1.29 is 0 Å². The number of hydrogen-bond acceptors (Lipinski definition) is 3. The SMILES string of the molecule is Cc1cccn2nc(CN3CCNCC3)cc12. The molecular formula is C13H18N4. The number of aryl methyl sites for hydroxylation is 1. The maximum Gasteiger partial charge on any atom is 0.0775 e. The molecule has 90 valence electrons. The van der Waals surface area contributed by atoms with E-state index in [1.807, 2.05) is 16.8 Å². The molecule has 1 aliphatic heterocycles. The Morgan fingerprint density at radius 3 is 2.94 bits per heavy atom. The van der Waals surface area contributed by atoms with Gasteiger partial charge in [0.15, 0.2) is 0 Å². The maximum atomic E-state index is 4.62. The summed E-state index contributed by atoms with van der Waals surface area (Å²) in [4.78, 5) is 2.45. The van der Waals surface area contributed by atoms with Gasteiger partial charge in [-0.3, -0.25) is 4.90 Å². The molecule has 1 N–H and O–H groups in total. The van der Waals surface area contributed by atoms with E-state index in [0.717, 1.165) is 32.7 Å². The predicted octanol–water partition coefficient (Wildman–Crippen LogP) is 1.05. The second-order valence-corrected chi connectivity index (χ2v) is 4.68. The van der Waals surface area contributed by atoms with Crippen LogP contribution in [0.5, 0.6) is 0 Å². The third-order valence-corrected chi connectivity index (χ3v) is 3.36. The van der Waals surface area contributed by atoms with E-state index in [4.69, 9.17) is 0 Å². The van der Waals surface area contributed by atoms with Crippen molar-refractivity contribution in [2.45, 2.75) is 13.5 Å². The summed E-state index contributed by atoms with van der Waals surface area (Å²) >= 11 is 0. The lowest BCUT2D eigenvalue weighted by molar-refractivity contribution is 0.230. The molecule has 0 aromatic carbocycles. The fourth-order valence-electron chi connectivity index (χ4n) is 2.38. The molecule has 1 saturated heterocycles. The molecule has 3 heterocycles. The van der Waals surface area contributed by atoms with Crippen molar-refractivity contribution >= 4 is 5.52 Å². The van der Waals surface area contributed by atoms with Crippen LogP contribution in [-0.4, -0.2) is 40.7 Å². The highest BCUT2D eigenvalue weighted by molar-refractivity contribution is 5.54. The molecule has 1 fully saturated rings. The van der Waals surface area contributed by atoms with Crippen LogP contribution < -0.4 is 5.32 Å². The van der Waals surface area contributed by atoms with Crippen LogP contribution in [0.25, 0.3) is 5.52 Å². The van der Waals surface area contributed by atoms with Gasteiger partial charge in [-0.2, -0.15) is 5.10 Å². The Balaban J connectivity index is 1.83. The van der Waals surface area contributed by atoms with Crippen molar-refractivity contribution in [2.24, 2.45) is 0 Å². The molecule has 3 rings (SSSR count). The lowest BCUT2D eigenvalue weighted by atomic mass is 10.2. The highest BCUT2D eigenvalue weighted by atomic mass is 15.2. The zero-order valence-electron chi connectivity index (χ0n) is 10.2. The first-order valence-corrected chi connectivity index (χ1v) is 6.20. The normalized spacial score (nSPS) is 17.7. The Labute approximate surface area is 101 Å². The summed E-state index contributed by atoms with van der Waals surface area (Å²) in [5.74, 6) is 0. The van der Waals surface area contributed by atoms with E-state index >= 15 is 0 Å². The Morgan fingerprint density at radius 2 is 2.18 bits per heavy atom. The zero-order valence-corrected chi connectivity index (χ0v) is 10.2. The van der Waals surface area contributed by atoms with E-state index in [0.29, 0.717) is 0 Å². The van der Waals surface area contributed by atoms with Gasteiger partial charge in [0.2, 0.25) is 0 Å². The van der Waals surface area contributed by atoms with Crippen LogP contribution in [-0.2, 0) is 6.54 Å². The Morgan fingerprint density at radius 1 is 1.35 bits per heavy atom. The van der Waals surface area contributed by atoms with Crippen molar-refractivity contribution in [1.29, 1.82) is 0 Å². The Kier molecular flexibility index (Phi) is 2.82. The number of aromatic nitrogens is 2. The van der Waals surface area contributed by atoms with Gasteiger partial charge in [-0.15, -0.1) is 0 Å². The standard InChI is InChI=1S/C13H18N4/c1-11-3-2-6-17-13(11)9-12(15-17)10-16-7-4-14-5-8-16/h2-3,6,9,14H,4-5,7-8,10H2,1H3. The van der Waals surface area contributed by atoms with Crippen molar-refractivity contribution in [1.82, 2.24) is 19.8 Å². The first-order chi connectivity index (χ1) is 8.33. The summed E-state index contributed by atoms with van der Waals surface area (Å²) in [6.07, 6.45) is 2.02. The van der Waals surface area contributed by atoms with Gasteiger partial charge in [0.25, 0.3) is 0 Å². The number of pyridine rings is 1. The summed E-state index contributed by atoms with van der Waals surface area (Å²) in [6, 6.07) is 6.38. The average Bonchev–Trinajstić information content (AvgIpc) is 2.74. The van der Waals surface area contributed by atoms with Crippen molar-refractivity contribution in [3.8, 4) is 0 Å². The van der Waals surface area contributed by atoms with E-state index in [9.17, 15) is 0 Å². The minimum Gasteiger partial charge on any atom is -0.314 e. The smallest absolute Gasteiger partial charge is 0.0775 e. The fraction of sp³-hybridized carbons (Fsp3) is 0.462. The van der Waals surface area contributed by atoms with Crippen LogP contribution >= 0.6 is 0 Å². The highest BCUT2D eigenvalue weighted by Crippen LogP contribution is 2.13. The van der Waals surface area contributed by atoms with Gasteiger partial charge in [-0.05, 0) is 24.6 Å². The maximum absolute atomic E-state index is 4.62. The van der Waals surface area contributed by atoms with Gasteiger partial charge in [-0.25, -0.2) is 4.52 Å². The molecule has 0 aliphatic carbocycles. The lowest BCUT2D eigenvalue weighted by Crippen LogP contribution is -2.42. The van der Waals surface area contributed by atoms with E-state index in [1.54, 1.807) is 0 Å². The van der Waals surface area contributed by atoms with E-state index in [1.165, 1.54) is 16.8 Å². The van der Waals surface area contributed by atoms with Crippen LogP contribution in [0.15, 0.2) is 24.4 Å². The summed E-state index contributed by atoms with van der Waals surface area (Å²) in [6.45, 7) is 7.51. The van der Waals surface area contributed by atoms with Gasteiger partial charge >= 0.3 is 0 Å². The minimum atomic E-state index is 0.961. The topological polar surface area (TPSA) is 32.6 Å². The van der Waals surface area contributed by atoms with Gasteiger partial charge in [0.05, 0.1) is 11.2 Å². The predicted molar refractivity (Wildman–Crippen MR) is 68.1 cm³/mol. The quantitative estimate of drug-likeness (QED) is 0.837. The summed E-state index contributed by atoms with van der Waals surface area (Å²) in [7, 11) is 0. The third-order valence-electron chi connectivity index (χ3n) is 3.36. The molecular weight excluding hydrogens is 212 g/mol. The molecule has 0 spiro atoms. The van der Waals surface area contributed by atoms with Crippen molar-refractivity contribution in [3.63, 3.8) is 0 Å². The second kappa shape index (κ2) is 4.47. The number of rotatable bonds is 2. The van der Waals surface area contributed by atoms with Gasteiger partial charge in [0, 0.05) is 38.9 Å². The summed E-state index contributed by atoms with van der Waals surface area (Å²) in [5, 5.41) is 7.99. The first kappa shape index (κ1) is 10.7. The molecule has 0 radical (unpaired) electrons. The van der Waals surface area contributed by atoms with E-state index < -0.39 is 0 Å². The zero-order chi connectivity index (χ0) is 11.7. The number of nitrogens with zero attached hydrogens (tertiary/aromatic N) is 3. The Bertz CT molecular complexity index is 511. The van der Waals surface area contributed by atoms with Crippen molar-refractivity contribution in [2.75, 3.05) is 26.2 Å². The van der Waals surface area contributed by atoms with Gasteiger partial charge in [-0.1, -0.05) is 6.07 Å². The number of nitrogens with one attached hydrogen (secondary N) is 1. The summed E-state index contributed by atoms with van der Waals surface area (Å²) in [5.41, 5.74) is 3.67. The molecule has 0 amide bonds. The molecule has 2 aromatic heterocycles. The third kappa shape index (κ3) is 2.18. The fourth-order valence-corrected chi connectivity index (χ4v) is 2.38. The Hall–Kier alpha value is -1.39. The molecule has 0 atom stereocenters. The van der Waals surface area contributed by atoms with Gasteiger partial charge < -0.3 is 5.32 Å². The lowest BCUT2D eigenvalue weighted by Gasteiger charge is -2.26. The molecule has 0 saturated carbocycles. The van der Waals surface area contributed by atoms with E-state index in [2.05, 4.69) is 34.4 Å². The largest absolute Gasteiger partial charge is 0.314 e. The molecule has 17 heavy (non-hydrogen) atoms. The van der Waals surface area contributed by atoms with Crippen LogP contribution in [0.1, 0.15) is 11.3 Å². The van der Waals surface area contributed by atoms with Crippen LogP contribution in [0.2, 0.25) is 0 Å². The number of piperazine rings is 1. The van der Waals surface area contributed by atoms with Crippen molar-refractivity contribution in [3.05, 3.63) is 35.7 Å². The molecule has 0 bridgehead atoms. The minimum absolute atomic E-state index is 0.961. The van der Waals surface area contributed by atoms with Crippen LogP contribution in [0, 0.1) is 6.92 Å². The number of fused-ring (bicyclic) bond motifs is 1. The second-order valence-electron chi connectivity index (χ2n) is 4.68. The first-order valence-electron chi connectivity index (χ1n) is 6.20. The van der Waals surface area contributed by atoms with E-state index in [-0.39, 0.29) is 0 Å². The average molecular weight is 230 g/mol. The molecule has 4 nitrogen and oxygen atoms in total. The highest BCUT2D eigenvalue weighted by Gasteiger charge is 2.12. The number of hydrogen-bond donors (Lipinski definition) is 1. The summed E-state index contributed by atoms with van der Waals surface area (Å²) < 4.78 is 1.98. The van der Waals surface area contributed by atoms with Crippen LogP contribution in [0.4, 0.5) is 0 Å². The molecule has 0 unspecified atom stereocenters. The van der Waals surface area contributed by atoms with Gasteiger partial charge in [0.1, 0.15) is 0 Å². The molecule has 2 aromatic rings. The molecule has 1 aliphatic rings. The monoisotopic (exact) mass is 230 g/mol.